The van der Waals surface area contributed by atoms with E-state index in [4.69, 9.17) is 4.42 Å². The predicted molar refractivity (Wildman–Crippen MR) is 107 cm³/mol. The largest absolute Gasteiger partial charge is 0.440 e. The molecule has 0 bridgehead atoms. The fraction of sp³-hybridized carbons (Fsp3) is 0.182. The number of oxazole rings is 1. The molecule has 0 radical (unpaired) electrons. The van der Waals surface area contributed by atoms with Crippen LogP contribution in [0.15, 0.2) is 71.8 Å². The smallest absolute Gasteiger partial charge is 0.256 e. The maximum absolute atomic E-state index is 12.8. The van der Waals surface area contributed by atoms with Gasteiger partial charge in [0.25, 0.3) is 5.91 Å². The number of amides is 1. The lowest BCUT2D eigenvalue weighted by Gasteiger charge is -2.10. The van der Waals surface area contributed by atoms with Gasteiger partial charge in [-0.3, -0.25) is 4.79 Å². The van der Waals surface area contributed by atoms with Gasteiger partial charge in [0.15, 0.2) is 11.7 Å². The Labute approximate surface area is 167 Å². The Kier molecular flexibility index (Phi) is 4.40. The lowest BCUT2D eigenvalue weighted by atomic mass is 10.1. The molecule has 1 aliphatic carbocycles. The van der Waals surface area contributed by atoms with Crippen LogP contribution in [0.4, 0.5) is 5.69 Å². The topological polar surface area (TPSA) is 85.8 Å². The van der Waals surface area contributed by atoms with Crippen LogP contribution in [-0.2, 0) is 6.54 Å². The molecule has 0 atom stereocenters. The third kappa shape index (κ3) is 3.80. The molecule has 29 heavy (non-hydrogen) atoms. The summed E-state index contributed by atoms with van der Waals surface area (Å²) in [4.78, 5) is 21.1. The summed E-state index contributed by atoms with van der Waals surface area (Å²) in [5, 5.41) is 7.07. The van der Waals surface area contributed by atoms with E-state index in [9.17, 15) is 4.79 Å². The zero-order valence-corrected chi connectivity index (χ0v) is 15.7. The van der Waals surface area contributed by atoms with Crippen LogP contribution >= 0.6 is 0 Å². The van der Waals surface area contributed by atoms with Crippen molar-refractivity contribution in [2.75, 3.05) is 5.32 Å². The minimum absolute atomic E-state index is 0.163. The number of carbonyl (C=O) groups is 1. The molecule has 0 saturated heterocycles. The molecule has 1 fully saturated rings. The number of rotatable bonds is 6. The van der Waals surface area contributed by atoms with E-state index in [0.29, 0.717) is 18.0 Å². The van der Waals surface area contributed by atoms with Crippen molar-refractivity contribution in [1.29, 1.82) is 0 Å². The summed E-state index contributed by atoms with van der Waals surface area (Å²) in [6.07, 6.45) is 7.19. The van der Waals surface area contributed by atoms with Crippen LogP contribution in [0.1, 0.15) is 40.6 Å². The Balaban J connectivity index is 1.30. The molecule has 4 aromatic rings. The van der Waals surface area contributed by atoms with Gasteiger partial charge in [-0.05, 0) is 48.7 Å². The standard InChI is InChI=1S/C22H19N5O2/c28-21(19-4-2-1-3-17(19)12-27-14-23-13-25-27)26-18-9-7-15(8-10-18)20-11-24-22(29-20)16-5-6-16/h1-4,7-11,13-14,16H,5-6,12H2,(H,26,28). The van der Waals surface area contributed by atoms with E-state index in [-0.39, 0.29) is 5.91 Å². The van der Waals surface area contributed by atoms with Crippen LogP contribution < -0.4 is 5.32 Å². The van der Waals surface area contributed by atoms with E-state index in [2.05, 4.69) is 20.4 Å². The summed E-state index contributed by atoms with van der Waals surface area (Å²) < 4.78 is 7.53. The lowest BCUT2D eigenvalue weighted by Crippen LogP contribution is -2.15. The number of anilines is 1. The summed E-state index contributed by atoms with van der Waals surface area (Å²) in [6, 6.07) is 15.1. The summed E-state index contributed by atoms with van der Waals surface area (Å²) in [6.45, 7) is 0.483. The third-order valence-electron chi connectivity index (χ3n) is 4.94. The molecule has 7 nitrogen and oxygen atoms in total. The van der Waals surface area contributed by atoms with E-state index in [0.717, 1.165) is 41.3 Å². The van der Waals surface area contributed by atoms with E-state index in [1.165, 1.54) is 6.33 Å². The van der Waals surface area contributed by atoms with Crippen molar-refractivity contribution in [1.82, 2.24) is 19.7 Å². The Hall–Kier alpha value is -3.74. The van der Waals surface area contributed by atoms with Crippen LogP contribution in [-0.4, -0.2) is 25.7 Å². The highest BCUT2D eigenvalue weighted by Crippen LogP contribution is 2.40. The second kappa shape index (κ2) is 7.35. The Bertz CT molecular complexity index is 1130. The highest BCUT2D eigenvalue weighted by Gasteiger charge is 2.28. The van der Waals surface area contributed by atoms with Crippen LogP contribution in [0.3, 0.4) is 0 Å². The van der Waals surface area contributed by atoms with Gasteiger partial charge in [0.05, 0.1) is 12.7 Å². The second-order valence-corrected chi connectivity index (χ2v) is 7.12. The maximum Gasteiger partial charge on any atom is 0.256 e. The quantitative estimate of drug-likeness (QED) is 0.540. The molecule has 1 saturated carbocycles. The van der Waals surface area contributed by atoms with Gasteiger partial charge in [0.2, 0.25) is 0 Å². The summed E-state index contributed by atoms with van der Waals surface area (Å²) in [7, 11) is 0. The minimum Gasteiger partial charge on any atom is -0.440 e. The molecule has 0 unspecified atom stereocenters. The molecule has 1 aliphatic rings. The van der Waals surface area contributed by atoms with Crippen molar-refractivity contribution in [3.63, 3.8) is 0 Å². The van der Waals surface area contributed by atoms with Crippen LogP contribution in [0.5, 0.6) is 0 Å². The number of benzene rings is 2. The maximum atomic E-state index is 12.8. The predicted octanol–water partition coefficient (Wildman–Crippen LogP) is 4.11. The number of nitrogens with zero attached hydrogens (tertiary/aromatic N) is 4. The van der Waals surface area contributed by atoms with Gasteiger partial charge in [-0.25, -0.2) is 14.6 Å². The molecule has 1 amide bonds. The van der Waals surface area contributed by atoms with Crippen LogP contribution in [0, 0.1) is 0 Å². The molecular weight excluding hydrogens is 366 g/mol. The fourth-order valence-corrected chi connectivity index (χ4v) is 3.22. The van der Waals surface area contributed by atoms with Crippen molar-refractivity contribution >= 4 is 11.6 Å². The first-order valence-corrected chi connectivity index (χ1v) is 9.54. The minimum atomic E-state index is -0.163. The Morgan fingerprint density at radius 1 is 1.14 bits per heavy atom. The molecular formula is C22H19N5O2. The summed E-state index contributed by atoms with van der Waals surface area (Å²) in [5.74, 6) is 1.90. The first-order chi connectivity index (χ1) is 14.3. The van der Waals surface area contributed by atoms with Crippen molar-refractivity contribution in [2.45, 2.75) is 25.3 Å². The van der Waals surface area contributed by atoms with E-state index >= 15 is 0 Å². The van der Waals surface area contributed by atoms with E-state index in [1.54, 1.807) is 17.2 Å². The van der Waals surface area contributed by atoms with Gasteiger partial charge in [-0.15, -0.1) is 0 Å². The first-order valence-electron chi connectivity index (χ1n) is 9.54. The monoisotopic (exact) mass is 385 g/mol. The molecule has 0 spiro atoms. The van der Waals surface area contributed by atoms with Crippen LogP contribution in [0.25, 0.3) is 11.3 Å². The lowest BCUT2D eigenvalue weighted by molar-refractivity contribution is 0.102. The molecule has 144 valence electrons. The van der Waals surface area contributed by atoms with E-state index in [1.807, 2.05) is 48.5 Å². The zero-order valence-electron chi connectivity index (χ0n) is 15.7. The van der Waals surface area contributed by atoms with Crippen molar-refractivity contribution in [3.8, 4) is 11.3 Å². The fourth-order valence-electron chi connectivity index (χ4n) is 3.22. The Morgan fingerprint density at radius 2 is 1.97 bits per heavy atom. The molecule has 2 heterocycles. The normalized spacial score (nSPS) is 13.4. The van der Waals surface area contributed by atoms with E-state index < -0.39 is 0 Å². The van der Waals surface area contributed by atoms with Gasteiger partial charge in [0.1, 0.15) is 12.7 Å². The molecule has 1 N–H and O–H groups in total. The average molecular weight is 385 g/mol. The summed E-state index contributed by atoms with van der Waals surface area (Å²) >= 11 is 0. The highest BCUT2D eigenvalue weighted by atomic mass is 16.4. The molecule has 2 aromatic heterocycles. The van der Waals surface area contributed by atoms with Gasteiger partial charge in [0, 0.05) is 22.7 Å². The van der Waals surface area contributed by atoms with Gasteiger partial charge in [-0.1, -0.05) is 18.2 Å². The zero-order chi connectivity index (χ0) is 19.6. The van der Waals surface area contributed by atoms with Crippen LogP contribution in [0.2, 0.25) is 0 Å². The van der Waals surface area contributed by atoms with Crippen molar-refractivity contribution in [2.24, 2.45) is 0 Å². The Morgan fingerprint density at radius 3 is 2.72 bits per heavy atom. The second-order valence-electron chi connectivity index (χ2n) is 7.12. The number of nitrogens with one attached hydrogen (secondary N) is 1. The molecule has 7 heteroatoms. The van der Waals surface area contributed by atoms with Crippen molar-refractivity contribution < 1.29 is 9.21 Å². The van der Waals surface area contributed by atoms with Gasteiger partial charge in [-0.2, -0.15) is 5.10 Å². The number of hydrogen-bond donors (Lipinski definition) is 1. The molecule has 0 aliphatic heterocycles. The molecule has 5 rings (SSSR count). The number of hydrogen-bond acceptors (Lipinski definition) is 5. The number of carbonyl (C=O) groups excluding carboxylic acids is 1. The highest BCUT2D eigenvalue weighted by molar-refractivity contribution is 6.05. The SMILES string of the molecule is O=C(Nc1ccc(-c2cnc(C3CC3)o2)cc1)c1ccccc1Cn1cncn1. The van der Waals surface area contributed by atoms with Crippen molar-refractivity contribution in [3.05, 3.63) is 84.4 Å². The summed E-state index contributed by atoms with van der Waals surface area (Å²) in [5.41, 5.74) is 3.14. The number of aromatic nitrogens is 4. The molecule has 2 aromatic carbocycles. The third-order valence-corrected chi connectivity index (χ3v) is 4.94. The average Bonchev–Trinajstić information content (AvgIpc) is 3.24. The first kappa shape index (κ1) is 17.4. The van der Waals surface area contributed by atoms with Gasteiger partial charge >= 0.3 is 0 Å². The van der Waals surface area contributed by atoms with Gasteiger partial charge < -0.3 is 9.73 Å².